The molecule has 0 bridgehead atoms. The molecule has 0 saturated carbocycles. The van der Waals surface area contributed by atoms with E-state index in [0.717, 1.165) is 24.4 Å². The van der Waals surface area contributed by atoms with Gasteiger partial charge in [0.2, 0.25) is 0 Å². The van der Waals surface area contributed by atoms with Gasteiger partial charge in [0.1, 0.15) is 5.82 Å². The molecule has 0 unspecified atom stereocenters. The number of aromatic nitrogens is 2. The number of rotatable bonds is 4. The number of hydrogen-bond donors (Lipinski definition) is 2. The molecule has 94 valence electrons. The first kappa shape index (κ1) is 12.2. The summed E-state index contributed by atoms with van der Waals surface area (Å²) in [6, 6.07) is 7.51. The lowest BCUT2D eigenvalue weighted by Gasteiger charge is -2.11. The van der Waals surface area contributed by atoms with Gasteiger partial charge in [-0.2, -0.15) is 0 Å². The highest BCUT2D eigenvalue weighted by Gasteiger charge is 2.11. The standard InChI is InChI=1S/C13H16N4O/c1-2-5-12-15-8-9-17(12)11-7-4-3-6-10(11)13(14)16-18/h3-4,6-9,18H,2,5H2,1H3,(H2,14,16). The zero-order valence-electron chi connectivity index (χ0n) is 10.2. The molecule has 2 rings (SSSR count). The minimum atomic E-state index is 0.0988. The number of aryl methyl sites for hydroxylation is 1. The van der Waals surface area contributed by atoms with Crippen LogP contribution in [0.4, 0.5) is 0 Å². The van der Waals surface area contributed by atoms with E-state index < -0.39 is 0 Å². The van der Waals surface area contributed by atoms with E-state index in [1.165, 1.54) is 0 Å². The molecule has 5 nitrogen and oxygen atoms in total. The number of imidazole rings is 1. The highest BCUT2D eigenvalue weighted by Crippen LogP contribution is 2.17. The Kier molecular flexibility index (Phi) is 3.62. The minimum Gasteiger partial charge on any atom is -0.409 e. The van der Waals surface area contributed by atoms with Crippen LogP contribution < -0.4 is 5.73 Å². The molecule has 0 amide bonds. The Balaban J connectivity index is 2.53. The lowest BCUT2D eigenvalue weighted by Crippen LogP contribution is -2.16. The molecule has 0 fully saturated rings. The molecule has 0 atom stereocenters. The van der Waals surface area contributed by atoms with E-state index in [2.05, 4.69) is 17.1 Å². The third-order valence-electron chi connectivity index (χ3n) is 2.74. The van der Waals surface area contributed by atoms with Crippen molar-refractivity contribution in [2.45, 2.75) is 19.8 Å². The monoisotopic (exact) mass is 244 g/mol. The van der Waals surface area contributed by atoms with Crippen LogP contribution in [-0.4, -0.2) is 20.6 Å². The molecular weight excluding hydrogens is 228 g/mol. The molecule has 0 radical (unpaired) electrons. The Morgan fingerprint density at radius 3 is 2.94 bits per heavy atom. The van der Waals surface area contributed by atoms with Gasteiger partial charge in [-0.25, -0.2) is 4.98 Å². The van der Waals surface area contributed by atoms with Gasteiger partial charge >= 0.3 is 0 Å². The first-order chi connectivity index (χ1) is 8.77. The van der Waals surface area contributed by atoms with Gasteiger partial charge in [0.05, 0.1) is 5.69 Å². The van der Waals surface area contributed by atoms with Crippen LogP contribution in [0.1, 0.15) is 24.7 Å². The Hall–Kier alpha value is -2.30. The molecule has 0 spiro atoms. The lowest BCUT2D eigenvalue weighted by atomic mass is 10.1. The summed E-state index contributed by atoms with van der Waals surface area (Å²) in [6.07, 6.45) is 5.54. The smallest absolute Gasteiger partial charge is 0.172 e. The van der Waals surface area contributed by atoms with Crippen LogP contribution in [0.2, 0.25) is 0 Å². The van der Waals surface area contributed by atoms with Gasteiger partial charge in [-0.1, -0.05) is 24.2 Å². The Morgan fingerprint density at radius 1 is 1.44 bits per heavy atom. The topological polar surface area (TPSA) is 76.4 Å². The molecule has 1 heterocycles. The van der Waals surface area contributed by atoms with E-state index >= 15 is 0 Å². The highest BCUT2D eigenvalue weighted by atomic mass is 16.4. The summed E-state index contributed by atoms with van der Waals surface area (Å²) in [5.74, 6) is 1.07. The second-order valence-electron chi connectivity index (χ2n) is 3.97. The number of nitrogens with zero attached hydrogens (tertiary/aromatic N) is 3. The van der Waals surface area contributed by atoms with Gasteiger partial charge in [0, 0.05) is 24.4 Å². The average Bonchev–Trinajstić information content (AvgIpc) is 2.86. The summed E-state index contributed by atoms with van der Waals surface area (Å²) < 4.78 is 1.97. The van der Waals surface area contributed by atoms with Crippen LogP contribution in [0.25, 0.3) is 5.69 Å². The number of para-hydroxylation sites is 1. The van der Waals surface area contributed by atoms with Crippen LogP contribution in [0.3, 0.4) is 0 Å². The quantitative estimate of drug-likeness (QED) is 0.373. The zero-order chi connectivity index (χ0) is 13.0. The van der Waals surface area contributed by atoms with Crippen LogP contribution in [0.5, 0.6) is 0 Å². The summed E-state index contributed by atoms with van der Waals surface area (Å²) in [5.41, 5.74) is 7.25. The van der Waals surface area contributed by atoms with Crippen molar-refractivity contribution in [2.75, 3.05) is 0 Å². The first-order valence-corrected chi connectivity index (χ1v) is 5.87. The van der Waals surface area contributed by atoms with Crippen molar-refractivity contribution in [3.63, 3.8) is 0 Å². The second-order valence-corrected chi connectivity index (χ2v) is 3.97. The maximum Gasteiger partial charge on any atom is 0.172 e. The fourth-order valence-corrected chi connectivity index (χ4v) is 1.92. The molecular formula is C13H16N4O. The maximum absolute atomic E-state index is 8.82. The van der Waals surface area contributed by atoms with Gasteiger partial charge in [0.25, 0.3) is 0 Å². The molecule has 2 aromatic rings. The molecule has 1 aromatic carbocycles. The van der Waals surface area contributed by atoms with Crippen molar-refractivity contribution >= 4 is 5.84 Å². The zero-order valence-corrected chi connectivity index (χ0v) is 10.2. The first-order valence-electron chi connectivity index (χ1n) is 5.87. The van der Waals surface area contributed by atoms with Crippen molar-refractivity contribution in [3.8, 4) is 5.69 Å². The molecule has 0 aliphatic carbocycles. The Bertz CT molecular complexity index is 560. The van der Waals surface area contributed by atoms with E-state index in [1.54, 1.807) is 6.20 Å². The number of nitrogens with two attached hydrogens (primary N) is 1. The predicted molar refractivity (Wildman–Crippen MR) is 70.1 cm³/mol. The minimum absolute atomic E-state index is 0.0988. The summed E-state index contributed by atoms with van der Waals surface area (Å²) in [7, 11) is 0. The number of oxime groups is 1. The van der Waals surface area contributed by atoms with Crippen LogP contribution >= 0.6 is 0 Å². The third-order valence-corrected chi connectivity index (χ3v) is 2.74. The van der Waals surface area contributed by atoms with Crippen LogP contribution in [0, 0.1) is 0 Å². The van der Waals surface area contributed by atoms with Gasteiger partial charge in [-0.05, 0) is 18.6 Å². The molecule has 0 saturated heterocycles. The van der Waals surface area contributed by atoms with Crippen molar-refractivity contribution in [3.05, 3.63) is 48.0 Å². The number of hydrogen-bond acceptors (Lipinski definition) is 3. The van der Waals surface area contributed by atoms with Crippen LogP contribution in [-0.2, 0) is 6.42 Å². The van der Waals surface area contributed by atoms with Crippen molar-refractivity contribution in [2.24, 2.45) is 10.9 Å². The van der Waals surface area contributed by atoms with E-state index in [4.69, 9.17) is 10.9 Å². The van der Waals surface area contributed by atoms with Gasteiger partial charge < -0.3 is 15.5 Å². The summed E-state index contributed by atoms with van der Waals surface area (Å²) in [4.78, 5) is 4.33. The molecule has 18 heavy (non-hydrogen) atoms. The van der Waals surface area contributed by atoms with Crippen LogP contribution in [0.15, 0.2) is 41.8 Å². The van der Waals surface area contributed by atoms with E-state index in [9.17, 15) is 0 Å². The SMILES string of the molecule is CCCc1nccn1-c1ccccc1C(N)=NO. The molecule has 0 aliphatic heterocycles. The summed E-state index contributed by atoms with van der Waals surface area (Å²) >= 11 is 0. The summed E-state index contributed by atoms with van der Waals surface area (Å²) in [6.45, 7) is 2.11. The van der Waals surface area contributed by atoms with E-state index in [0.29, 0.717) is 5.56 Å². The fraction of sp³-hybridized carbons (Fsp3) is 0.231. The Labute approximate surface area is 106 Å². The van der Waals surface area contributed by atoms with Crippen molar-refractivity contribution in [1.82, 2.24) is 9.55 Å². The Morgan fingerprint density at radius 2 is 2.22 bits per heavy atom. The normalized spacial score (nSPS) is 11.7. The molecule has 5 heteroatoms. The maximum atomic E-state index is 8.82. The predicted octanol–water partition coefficient (Wildman–Crippen LogP) is 1.92. The molecule has 1 aromatic heterocycles. The number of amidine groups is 1. The van der Waals surface area contributed by atoms with Gasteiger partial charge in [-0.3, -0.25) is 0 Å². The van der Waals surface area contributed by atoms with Crippen molar-refractivity contribution in [1.29, 1.82) is 0 Å². The average molecular weight is 244 g/mol. The summed E-state index contributed by atoms with van der Waals surface area (Å²) in [5, 5.41) is 11.9. The highest BCUT2D eigenvalue weighted by molar-refractivity contribution is 6.00. The number of benzene rings is 1. The molecule has 0 aliphatic rings. The fourth-order valence-electron chi connectivity index (χ4n) is 1.92. The molecule has 3 N–H and O–H groups in total. The van der Waals surface area contributed by atoms with Gasteiger partial charge in [-0.15, -0.1) is 0 Å². The third kappa shape index (κ3) is 2.20. The lowest BCUT2D eigenvalue weighted by molar-refractivity contribution is 0.318. The van der Waals surface area contributed by atoms with Gasteiger partial charge in [0.15, 0.2) is 5.84 Å². The second kappa shape index (κ2) is 5.35. The van der Waals surface area contributed by atoms with E-state index in [1.807, 2.05) is 35.0 Å². The largest absolute Gasteiger partial charge is 0.409 e. The van der Waals surface area contributed by atoms with Crippen molar-refractivity contribution < 1.29 is 5.21 Å². The van der Waals surface area contributed by atoms with E-state index in [-0.39, 0.29) is 5.84 Å².